The third kappa shape index (κ3) is 3.35. The largest absolute Gasteiger partial charge is 0.309 e. The molecule has 5 heteroatoms. The standard InChI is InChI=1S/C12H10BrN3O/c13-10-4-2-1-3-9(10)7-12(17)16-11-8-14-5-6-15-11/h1-6,8H,7H2,(H,15,16,17). The Morgan fingerprint density at radius 1 is 1.29 bits per heavy atom. The Morgan fingerprint density at radius 2 is 2.12 bits per heavy atom. The van der Waals surface area contributed by atoms with Crippen LogP contribution in [0.4, 0.5) is 5.82 Å². The Hall–Kier alpha value is -1.75. The molecule has 0 unspecified atom stereocenters. The number of rotatable bonds is 3. The number of halogens is 1. The van der Waals surface area contributed by atoms with Gasteiger partial charge >= 0.3 is 0 Å². The van der Waals surface area contributed by atoms with Gasteiger partial charge in [0.1, 0.15) is 0 Å². The molecule has 0 aliphatic carbocycles. The molecule has 1 N–H and O–H groups in total. The summed E-state index contributed by atoms with van der Waals surface area (Å²) in [5, 5.41) is 2.68. The fourth-order valence-electron chi connectivity index (χ4n) is 1.37. The van der Waals surface area contributed by atoms with Crippen molar-refractivity contribution in [3.63, 3.8) is 0 Å². The molecule has 2 aromatic rings. The molecule has 0 aliphatic heterocycles. The van der Waals surface area contributed by atoms with Crippen LogP contribution >= 0.6 is 15.9 Å². The number of benzene rings is 1. The Balaban J connectivity index is 2.01. The molecule has 17 heavy (non-hydrogen) atoms. The fourth-order valence-corrected chi connectivity index (χ4v) is 1.79. The molecule has 0 saturated carbocycles. The summed E-state index contributed by atoms with van der Waals surface area (Å²) in [4.78, 5) is 19.6. The van der Waals surface area contributed by atoms with Gasteiger partial charge in [-0.05, 0) is 11.6 Å². The van der Waals surface area contributed by atoms with Gasteiger partial charge < -0.3 is 5.32 Å². The van der Waals surface area contributed by atoms with Crippen LogP contribution in [-0.2, 0) is 11.2 Å². The molecule has 1 aromatic heterocycles. The number of amides is 1. The third-order valence-electron chi connectivity index (χ3n) is 2.14. The van der Waals surface area contributed by atoms with E-state index in [2.05, 4.69) is 31.2 Å². The van der Waals surface area contributed by atoms with Gasteiger partial charge in [-0.1, -0.05) is 34.1 Å². The zero-order valence-electron chi connectivity index (χ0n) is 8.93. The summed E-state index contributed by atoms with van der Waals surface area (Å²) in [6.45, 7) is 0. The fraction of sp³-hybridized carbons (Fsp3) is 0.0833. The number of aromatic nitrogens is 2. The summed E-state index contributed by atoms with van der Waals surface area (Å²) in [5.41, 5.74) is 0.939. The van der Waals surface area contributed by atoms with Crippen molar-refractivity contribution in [2.45, 2.75) is 6.42 Å². The zero-order chi connectivity index (χ0) is 12.1. The quantitative estimate of drug-likeness (QED) is 0.945. The summed E-state index contributed by atoms with van der Waals surface area (Å²) in [6, 6.07) is 7.62. The van der Waals surface area contributed by atoms with Crippen molar-refractivity contribution in [2.24, 2.45) is 0 Å². The van der Waals surface area contributed by atoms with E-state index in [9.17, 15) is 4.79 Å². The summed E-state index contributed by atoms with van der Waals surface area (Å²) in [6.07, 6.45) is 4.91. The SMILES string of the molecule is O=C(Cc1ccccc1Br)Nc1cnccn1. The van der Waals surface area contributed by atoms with Gasteiger partial charge in [0.25, 0.3) is 0 Å². The molecular weight excluding hydrogens is 282 g/mol. The van der Waals surface area contributed by atoms with Gasteiger partial charge in [0.2, 0.25) is 5.91 Å². The number of nitrogens with one attached hydrogen (secondary N) is 1. The minimum Gasteiger partial charge on any atom is -0.309 e. The van der Waals surface area contributed by atoms with Crippen LogP contribution < -0.4 is 5.32 Å². The Labute approximate surface area is 107 Å². The molecule has 86 valence electrons. The van der Waals surface area contributed by atoms with Gasteiger partial charge in [0, 0.05) is 16.9 Å². The smallest absolute Gasteiger partial charge is 0.230 e. The lowest BCUT2D eigenvalue weighted by molar-refractivity contribution is -0.115. The van der Waals surface area contributed by atoms with Crippen LogP contribution in [-0.4, -0.2) is 15.9 Å². The minimum absolute atomic E-state index is 0.114. The minimum atomic E-state index is -0.114. The Morgan fingerprint density at radius 3 is 2.82 bits per heavy atom. The maximum absolute atomic E-state index is 11.7. The summed E-state index contributed by atoms with van der Waals surface area (Å²) >= 11 is 3.40. The number of carbonyl (C=O) groups excluding carboxylic acids is 1. The summed E-state index contributed by atoms with van der Waals surface area (Å²) < 4.78 is 0.925. The number of hydrogen-bond acceptors (Lipinski definition) is 3. The van der Waals surface area contributed by atoms with Gasteiger partial charge in [0.05, 0.1) is 12.6 Å². The molecule has 0 spiro atoms. The molecular formula is C12H10BrN3O. The van der Waals surface area contributed by atoms with Crippen LogP contribution in [0, 0.1) is 0 Å². The van der Waals surface area contributed by atoms with Gasteiger partial charge in [-0.3, -0.25) is 9.78 Å². The highest BCUT2D eigenvalue weighted by molar-refractivity contribution is 9.10. The molecule has 1 heterocycles. The van der Waals surface area contributed by atoms with Gasteiger partial charge in [-0.15, -0.1) is 0 Å². The van der Waals surface area contributed by atoms with Crippen LogP contribution in [0.2, 0.25) is 0 Å². The monoisotopic (exact) mass is 291 g/mol. The third-order valence-corrected chi connectivity index (χ3v) is 2.91. The van der Waals surface area contributed by atoms with E-state index in [-0.39, 0.29) is 5.91 Å². The maximum atomic E-state index is 11.7. The van der Waals surface area contributed by atoms with E-state index < -0.39 is 0 Å². The molecule has 0 aliphatic rings. The van der Waals surface area contributed by atoms with Crippen molar-refractivity contribution in [1.29, 1.82) is 0 Å². The van der Waals surface area contributed by atoms with E-state index in [4.69, 9.17) is 0 Å². The van der Waals surface area contributed by atoms with E-state index in [1.54, 1.807) is 6.20 Å². The van der Waals surface area contributed by atoms with Crippen LogP contribution in [0.25, 0.3) is 0 Å². The predicted molar refractivity (Wildman–Crippen MR) is 68.5 cm³/mol. The molecule has 0 saturated heterocycles. The first-order chi connectivity index (χ1) is 8.25. The normalized spacial score (nSPS) is 9.94. The topological polar surface area (TPSA) is 54.9 Å². The van der Waals surface area contributed by atoms with E-state index >= 15 is 0 Å². The second kappa shape index (κ2) is 5.54. The van der Waals surface area contributed by atoms with E-state index in [0.29, 0.717) is 12.2 Å². The number of nitrogens with zero attached hydrogens (tertiary/aromatic N) is 2. The van der Waals surface area contributed by atoms with Crippen LogP contribution in [0.5, 0.6) is 0 Å². The highest BCUT2D eigenvalue weighted by Crippen LogP contribution is 2.16. The highest BCUT2D eigenvalue weighted by atomic mass is 79.9. The molecule has 0 radical (unpaired) electrons. The summed E-state index contributed by atoms with van der Waals surface area (Å²) in [5.74, 6) is 0.349. The first-order valence-electron chi connectivity index (χ1n) is 5.05. The molecule has 4 nitrogen and oxygen atoms in total. The van der Waals surface area contributed by atoms with E-state index in [1.165, 1.54) is 12.4 Å². The first-order valence-corrected chi connectivity index (χ1v) is 5.84. The van der Waals surface area contributed by atoms with Crippen LogP contribution in [0.1, 0.15) is 5.56 Å². The van der Waals surface area contributed by atoms with Crippen molar-refractivity contribution in [1.82, 2.24) is 9.97 Å². The number of carbonyl (C=O) groups is 1. The van der Waals surface area contributed by atoms with Crippen molar-refractivity contribution >= 4 is 27.7 Å². The van der Waals surface area contributed by atoms with E-state index in [0.717, 1.165) is 10.0 Å². The lowest BCUT2D eigenvalue weighted by Gasteiger charge is -2.05. The maximum Gasteiger partial charge on any atom is 0.230 e. The molecule has 1 amide bonds. The number of anilines is 1. The van der Waals surface area contributed by atoms with Crippen LogP contribution in [0.3, 0.4) is 0 Å². The number of hydrogen-bond donors (Lipinski definition) is 1. The van der Waals surface area contributed by atoms with Crippen molar-refractivity contribution < 1.29 is 4.79 Å². The second-order valence-corrected chi connectivity index (χ2v) is 4.26. The van der Waals surface area contributed by atoms with Gasteiger partial charge in [-0.25, -0.2) is 4.98 Å². The average molecular weight is 292 g/mol. The van der Waals surface area contributed by atoms with Gasteiger partial charge in [-0.2, -0.15) is 0 Å². The lowest BCUT2D eigenvalue weighted by atomic mass is 10.1. The molecule has 0 bridgehead atoms. The van der Waals surface area contributed by atoms with Crippen LogP contribution in [0.15, 0.2) is 47.3 Å². The van der Waals surface area contributed by atoms with Gasteiger partial charge in [0.15, 0.2) is 5.82 Å². The predicted octanol–water partition coefficient (Wildman–Crippen LogP) is 2.42. The van der Waals surface area contributed by atoms with Crippen molar-refractivity contribution in [2.75, 3.05) is 5.32 Å². The zero-order valence-corrected chi connectivity index (χ0v) is 10.5. The summed E-state index contributed by atoms with van der Waals surface area (Å²) in [7, 11) is 0. The molecule has 0 fully saturated rings. The second-order valence-electron chi connectivity index (χ2n) is 3.41. The Kier molecular flexibility index (Phi) is 3.82. The van der Waals surface area contributed by atoms with Crippen molar-refractivity contribution in [3.8, 4) is 0 Å². The average Bonchev–Trinajstić information content (AvgIpc) is 2.33. The lowest BCUT2D eigenvalue weighted by Crippen LogP contribution is -2.15. The van der Waals surface area contributed by atoms with Crippen molar-refractivity contribution in [3.05, 3.63) is 52.9 Å². The Bertz CT molecular complexity index is 516. The van der Waals surface area contributed by atoms with E-state index in [1.807, 2.05) is 24.3 Å². The molecule has 1 aromatic carbocycles. The molecule has 0 atom stereocenters. The highest BCUT2D eigenvalue weighted by Gasteiger charge is 2.06. The molecule has 2 rings (SSSR count). The first kappa shape index (κ1) is 11.7.